The molecule has 172 valence electrons. The van der Waals surface area contributed by atoms with Crippen molar-refractivity contribution in [1.82, 2.24) is 24.6 Å². The molecule has 1 amide bonds. The lowest BCUT2D eigenvalue weighted by Crippen LogP contribution is -2.45. The smallest absolute Gasteiger partial charge is 0.233 e. The minimum Gasteiger partial charge on any atom is -0.376 e. The van der Waals surface area contributed by atoms with Gasteiger partial charge >= 0.3 is 0 Å². The molecule has 0 bridgehead atoms. The summed E-state index contributed by atoms with van der Waals surface area (Å²) in [4.78, 5) is 19.7. The van der Waals surface area contributed by atoms with Gasteiger partial charge in [0.1, 0.15) is 0 Å². The van der Waals surface area contributed by atoms with Crippen LogP contribution in [0.1, 0.15) is 19.3 Å². The molecule has 2 atom stereocenters. The molecule has 9 heteroatoms. The molecule has 33 heavy (non-hydrogen) atoms. The maximum Gasteiger partial charge on any atom is 0.233 e. The monoisotopic (exact) mass is 481 g/mol. The van der Waals surface area contributed by atoms with Crippen LogP contribution >= 0.6 is 23.5 Å². The van der Waals surface area contributed by atoms with Crippen molar-refractivity contribution >= 4 is 29.4 Å². The summed E-state index contributed by atoms with van der Waals surface area (Å²) in [5.74, 6) is 3.31. The number of carbonyl (C=O) groups is 1. The number of rotatable bonds is 8. The van der Waals surface area contributed by atoms with Gasteiger partial charge in [0.05, 0.1) is 11.9 Å². The van der Waals surface area contributed by atoms with E-state index in [1.165, 1.54) is 11.8 Å². The predicted molar refractivity (Wildman–Crippen MR) is 132 cm³/mol. The van der Waals surface area contributed by atoms with Crippen molar-refractivity contribution in [2.75, 3.05) is 30.4 Å². The van der Waals surface area contributed by atoms with Crippen molar-refractivity contribution in [3.8, 4) is 17.1 Å². The molecule has 2 unspecified atom stereocenters. The van der Waals surface area contributed by atoms with Crippen molar-refractivity contribution in [2.45, 2.75) is 36.6 Å². The standard InChI is InChI=1S/C24H27N5O2S2/c30-22(28(20-10-13-32-16-20)15-21-9-5-12-31-21)17-33-24-27-26-23(18-6-4-11-25-14-18)29(24)19-7-2-1-3-8-19/h1-4,6-8,11,14,20-21H,5,9-10,12-13,15-17H2. The number of aromatic nitrogens is 4. The van der Waals surface area contributed by atoms with Gasteiger partial charge in [0.2, 0.25) is 5.91 Å². The molecule has 2 fully saturated rings. The minimum absolute atomic E-state index is 0.147. The number of hydrogen-bond acceptors (Lipinski definition) is 7. The number of carbonyl (C=O) groups excluding carboxylic acids is 1. The molecule has 0 radical (unpaired) electrons. The number of para-hydroxylation sites is 1. The molecular formula is C24H27N5O2S2. The summed E-state index contributed by atoms with van der Waals surface area (Å²) >= 11 is 3.37. The summed E-state index contributed by atoms with van der Waals surface area (Å²) in [6.45, 7) is 1.50. The highest BCUT2D eigenvalue weighted by Gasteiger charge is 2.31. The Kier molecular flexibility index (Phi) is 7.28. The number of thioether (sulfide) groups is 2. The Bertz CT molecular complexity index is 1050. The molecule has 5 rings (SSSR count). The molecule has 0 spiro atoms. The maximum atomic E-state index is 13.4. The van der Waals surface area contributed by atoms with Gasteiger partial charge in [-0.05, 0) is 49.3 Å². The van der Waals surface area contributed by atoms with Crippen LogP contribution in [0.3, 0.4) is 0 Å². The Morgan fingerprint density at radius 2 is 2.09 bits per heavy atom. The van der Waals surface area contributed by atoms with E-state index in [9.17, 15) is 4.79 Å². The van der Waals surface area contributed by atoms with Crippen molar-refractivity contribution in [3.05, 3.63) is 54.9 Å². The Balaban J connectivity index is 1.37. The summed E-state index contributed by atoms with van der Waals surface area (Å²) in [6, 6.07) is 14.2. The molecular weight excluding hydrogens is 454 g/mol. The Morgan fingerprint density at radius 1 is 1.18 bits per heavy atom. The van der Waals surface area contributed by atoms with E-state index >= 15 is 0 Å². The molecule has 2 aromatic heterocycles. The molecule has 0 aliphatic carbocycles. The molecule has 7 nitrogen and oxygen atoms in total. The number of ether oxygens (including phenoxy) is 1. The molecule has 1 aromatic carbocycles. The van der Waals surface area contributed by atoms with Crippen LogP contribution in [0.15, 0.2) is 60.0 Å². The van der Waals surface area contributed by atoms with E-state index in [0.717, 1.165) is 48.6 Å². The van der Waals surface area contributed by atoms with Crippen LogP contribution in [0.4, 0.5) is 0 Å². The Labute approximate surface area is 202 Å². The second-order valence-corrected chi connectivity index (χ2v) is 10.3. The number of benzene rings is 1. The molecule has 2 saturated heterocycles. The highest BCUT2D eigenvalue weighted by molar-refractivity contribution is 8.00. The van der Waals surface area contributed by atoms with Gasteiger partial charge in [0, 0.05) is 48.6 Å². The first kappa shape index (κ1) is 22.4. The summed E-state index contributed by atoms with van der Waals surface area (Å²) in [6.07, 6.45) is 6.86. The predicted octanol–water partition coefficient (Wildman–Crippen LogP) is 3.93. The van der Waals surface area contributed by atoms with Gasteiger partial charge in [-0.3, -0.25) is 14.3 Å². The van der Waals surface area contributed by atoms with Gasteiger partial charge in [-0.15, -0.1) is 10.2 Å². The first-order valence-corrected chi connectivity index (χ1v) is 13.5. The average Bonchev–Trinajstić information content (AvgIpc) is 3.64. The number of nitrogens with zero attached hydrogens (tertiary/aromatic N) is 5. The molecule has 0 N–H and O–H groups in total. The Morgan fingerprint density at radius 3 is 2.82 bits per heavy atom. The van der Waals surface area contributed by atoms with Gasteiger partial charge in [-0.2, -0.15) is 11.8 Å². The van der Waals surface area contributed by atoms with E-state index in [1.807, 2.05) is 58.8 Å². The van der Waals surface area contributed by atoms with Crippen LogP contribution in [-0.2, 0) is 9.53 Å². The van der Waals surface area contributed by atoms with Crippen molar-refractivity contribution in [3.63, 3.8) is 0 Å². The summed E-state index contributed by atoms with van der Waals surface area (Å²) in [7, 11) is 0. The highest BCUT2D eigenvalue weighted by atomic mass is 32.2. The third kappa shape index (κ3) is 5.26. The van der Waals surface area contributed by atoms with E-state index in [0.29, 0.717) is 29.3 Å². The van der Waals surface area contributed by atoms with Gasteiger partial charge in [0.15, 0.2) is 11.0 Å². The average molecular weight is 482 g/mol. The van der Waals surface area contributed by atoms with E-state index in [2.05, 4.69) is 20.1 Å². The van der Waals surface area contributed by atoms with Gasteiger partial charge in [-0.25, -0.2) is 0 Å². The minimum atomic E-state index is 0.147. The second kappa shape index (κ2) is 10.7. The zero-order valence-electron chi connectivity index (χ0n) is 18.4. The van der Waals surface area contributed by atoms with Crippen LogP contribution < -0.4 is 0 Å². The largest absolute Gasteiger partial charge is 0.376 e. The third-order valence-corrected chi connectivity index (χ3v) is 8.04. The van der Waals surface area contributed by atoms with Crippen molar-refractivity contribution < 1.29 is 9.53 Å². The van der Waals surface area contributed by atoms with Crippen LogP contribution in [-0.4, -0.2) is 73.1 Å². The highest BCUT2D eigenvalue weighted by Crippen LogP contribution is 2.29. The van der Waals surface area contributed by atoms with Gasteiger partial charge in [-0.1, -0.05) is 30.0 Å². The van der Waals surface area contributed by atoms with Crippen LogP contribution in [0.2, 0.25) is 0 Å². The fourth-order valence-electron chi connectivity index (χ4n) is 4.29. The maximum absolute atomic E-state index is 13.4. The fraction of sp³-hybridized carbons (Fsp3) is 0.417. The molecule has 2 aliphatic rings. The van der Waals surface area contributed by atoms with E-state index < -0.39 is 0 Å². The van der Waals surface area contributed by atoms with E-state index in [-0.39, 0.29) is 12.0 Å². The molecule has 4 heterocycles. The van der Waals surface area contributed by atoms with Gasteiger partial charge in [0.25, 0.3) is 0 Å². The van der Waals surface area contributed by atoms with Crippen LogP contribution in [0.5, 0.6) is 0 Å². The molecule has 0 saturated carbocycles. The van der Waals surface area contributed by atoms with Crippen LogP contribution in [0, 0.1) is 0 Å². The lowest BCUT2D eigenvalue weighted by molar-refractivity contribution is -0.131. The van der Waals surface area contributed by atoms with E-state index in [1.54, 1.807) is 12.4 Å². The zero-order chi connectivity index (χ0) is 22.5. The number of pyridine rings is 1. The van der Waals surface area contributed by atoms with Gasteiger partial charge < -0.3 is 9.64 Å². The topological polar surface area (TPSA) is 73.1 Å². The summed E-state index contributed by atoms with van der Waals surface area (Å²) in [5, 5.41) is 9.60. The van der Waals surface area contributed by atoms with Crippen LogP contribution in [0.25, 0.3) is 17.1 Å². The summed E-state index contributed by atoms with van der Waals surface area (Å²) in [5.41, 5.74) is 1.84. The molecule has 3 aromatic rings. The lowest BCUT2D eigenvalue weighted by Gasteiger charge is -2.30. The third-order valence-electron chi connectivity index (χ3n) is 5.98. The summed E-state index contributed by atoms with van der Waals surface area (Å²) < 4.78 is 7.85. The van der Waals surface area contributed by atoms with E-state index in [4.69, 9.17) is 4.74 Å². The molecule has 2 aliphatic heterocycles. The van der Waals surface area contributed by atoms with Crippen molar-refractivity contribution in [1.29, 1.82) is 0 Å². The lowest BCUT2D eigenvalue weighted by atomic mass is 10.1. The SMILES string of the molecule is O=C(CSc1nnc(-c2cccnc2)n1-c1ccccc1)N(CC1CCCO1)C1CCSC1. The normalized spacial score (nSPS) is 20.2. The number of amides is 1. The Hall–Kier alpha value is -2.36. The number of hydrogen-bond donors (Lipinski definition) is 0. The second-order valence-electron chi connectivity index (χ2n) is 8.21. The van der Waals surface area contributed by atoms with Crippen molar-refractivity contribution in [2.24, 2.45) is 0 Å². The first-order chi connectivity index (χ1) is 16.3. The first-order valence-electron chi connectivity index (χ1n) is 11.3. The quantitative estimate of drug-likeness (QED) is 0.451. The fourth-order valence-corrected chi connectivity index (χ4v) is 6.36. The zero-order valence-corrected chi connectivity index (χ0v) is 20.0.